The predicted octanol–water partition coefficient (Wildman–Crippen LogP) is 17.1. The van der Waals surface area contributed by atoms with Crippen LogP contribution in [0.1, 0.15) is 0 Å². The third kappa shape index (κ3) is 6.06. The second kappa shape index (κ2) is 15.5. The van der Waals surface area contributed by atoms with Crippen molar-refractivity contribution in [2.75, 3.05) is 0 Å². The van der Waals surface area contributed by atoms with Crippen molar-refractivity contribution in [2.24, 2.45) is 0 Å². The van der Waals surface area contributed by atoms with Crippen molar-refractivity contribution in [3.63, 3.8) is 0 Å². The van der Waals surface area contributed by atoms with Crippen LogP contribution in [0.2, 0.25) is 0 Å². The first-order valence-electron chi connectivity index (χ1n) is 24.2. The Morgan fingerprint density at radius 2 is 0.662 bits per heavy atom. The number of hydrogen-bond donors (Lipinski definition) is 0. The van der Waals surface area contributed by atoms with Crippen molar-refractivity contribution in [1.29, 1.82) is 0 Å². The quantitative estimate of drug-likeness (QED) is 0.156. The summed E-state index contributed by atoms with van der Waals surface area (Å²) in [7, 11) is 0. The highest BCUT2D eigenvalue weighted by molar-refractivity contribution is 6.14. The van der Waals surface area contributed by atoms with Crippen LogP contribution in [-0.2, 0) is 0 Å². The molecule has 15 rings (SSSR count). The third-order valence-corrected chi connectivity index (χ3v) is 14.6. The van der Waals surface area contributed by atoms with E-state index in [4.69, 9.17) is 9.97 Å². The highest BCUT2D eigenvalue weighted by Crippen LogP contribution is 2.41. The van der Waals surface area contributed by atoms with Crippen molar-refractivity contribution in [1.82, 2.24) is 23.7 Å². The van der Waals surface area contributed by atoms with Crippen LogP contribution in [-0.4, -0.2) is 23.7 Å². The maximum absolute atomic E-state index is 5.48. The molecule has 0 N–H and O–H groups in total. The van der Waals surface area contributed by atoms with E-state index < -0.39 is 0 Å². The molecule has 15 aromatic rings. The average Bonchev–Trinajstić information content (AvgIpc) is 4.08. The zero-order valence-electron chi connectivity index (χ0n) is 38.4. The Bertz CT molecular complexity index is 4350. The zero-order chi connectivity index (χ0) is 46.6. The number of nitrogens with zero attached hydrogens (tertiary/aromatic N) is 5. The molecule has 0 fully saturated rings. The molecule has 0 radical (unpaired) electrons. The van der Waals surface area contributed by atoms with Gasteiger partial charge in [-0.25, -0.2) is 9.97 Å². The van der Waals surface area contributed by atoms with Crippen molar-refractivity contribution in [3.8, 4) is 50.8 Å². The number of benzene rings is 11. The van der Waals surface area contributed by atoms with Gasteiger partial charge in [0.15, 0.2) is 5.82 Å². The summed E-state index contributed by atoms with van der Waals surface area (Å²) < 4.78 is 7.27. The zero-order valence-corrected chi connectivity index (χ0v) is 38.4. The Kier molecular flexibility index (Phi) is 8.59. The van der Waals surface area contributed by atoms with Gasteiger partial charge in [0.25, 0.3) is 0 Å². The van der Waals surface area contributed by atoms with E-state index in [0.29, 0.717) is 5.82 Å². The fourth-order valence-electron chi connectivity index (χ4n) is 11.4. The molecule has 0 atom stereocenters. The standard InChI is InChI=1S/C66H41N5/c1-2-15-42(16-3-1)43-29-31-45(32-30-43)64-57-36-33-44-17-4-5-20-50(44)65(57)68-66(67-64)46-18-14-19-47(39-46)71-62-40-48(69-58-25-10-6-21-51(58)52-22-7-11-26-59(52)69)34-37-55(62)56-38-35-49(41-63(56)71)70-60-27-12-8-23-53(60)54-24-9-13-28-61(54)70/h1-41H. The van der Waals surface area contributed by atoms with Crippen LogP contribution in [0.3, 0.4) is 0 Å². The van der Waals surface area contributed by atoms with Crippen LogP contribution in [0.15, 0.2) is 249 Å². The van der Waals surface area contributed by atoms with Crippen LogP contribution < -0.4 is 0 Å². The molecule has 5 nitrogen and oxygen atoms in total. The van der Waals surface area contributed by atoms with Gasteiger partial charge >= 0.3 is 0 Å². The second-order valence-corrected chi connectivity index (χ2v) is 18.6. The molecule has 0 spiro atoms. The lowest BCUT2D eigenvalue weighted by Gasteiger charge is -2.14. The minimum absolute atomic E-state index is 0.676. The van der Waals surface area contributed by atoms with E-state index in [9.17, 15) is 0 Å². The molecule has 0 saturated heterocycles. The Morgan fingerprint density at radius 3 is 1.24 bits per heavy atom. The number of hydrogen-bond acceptors (Lipinski definition) is 2. The molecule has 0 bridgehead atoms. The largest absolute Gasteiger partial charge is 0.309 e. The molecular formula is C66H41N5. The van der Waals surface area contributed by atoms with Gasteiger partial charge in [0.05, 0.1) is 44.3 Å². The van der Waals surface area contributed by atoms with Crippen LogP contribution in [0.4, 0.5) is 0 Å². The van der Waals surface area contributed by atoms with Gasteiger partial charge in [0.1, 0.15) is 0 Å². The van der Waals surface area contributed by atoms with Crippen molar-refractivity contribution in [2.45, 2.75) is 0 Å². The van der Waals surface area contributed by atoms with Gasteiger partial charge < -0.3 is 13.7 Å². The lowest BCUT2D eigenvalue weighted by molar-refractivity contribution is 1.14. The summed E-state index contributed by atoms with van der Waals surface area (Å²) in [5, 5.41) is 10.6. The molecule has 0 saturated carbocycles. The van der Waals surface area contributed by atoms with Crippen molar-refractivity contribution >= 4 is 87.1 Å². The second-order valence-electron chi connectivity index (χ2n) is 18.6. The molecule has 0 amide bonds. The third-order valence-electron chi connectivity index (χ3n) is 14.6. The van der Waals surface area contributed by atoms with Gasteiger partial charge in [0.2, 0.25) is 0 Å². The molecule has 0 unspecified atom stereocenters. The summed E-state index contributed by atoms with van der Waals surface area (Å²) in [5.41, 5.74) is 16.3. The maximum Gasteiger partial charge on any atom is 0.160 e. The molecule has 11 aromatic carbocycles. The monoisotopic (exact) mass is 903 g/mol. The molecule has 4 heterocycles. The van der Waals surface area contributed by atoms with E-state index in [1.54, 1.807) is 0 Å². The molecule has 71 heavy (non-hydrogen) atoms. The fourth-order valence-corrected chi connectivity index (χ4v) is 11.4. The predicted molar refractivity (Wildman–Crippen MR) is 296 cm³/mol. The van der Waals surface area contributed by atoms with Gasteiger partial charge in [-0.3, -0.25) is 0 Å². The molecule has 0 aliphatic rings. The first-order chi connectivity index (χ1) is 35.2. The Morgan fingerprint density at radius 1 is 0.239 bits per heavy atom. The molecular weight excluding hydrogens is 863 g/mol. The lowest BCUT2D eigenvalue weighted by Crippen LogP contribution is -2.00. The molecule has 330 valence electrons. The smallest absolute Gasteiger partial charge is 0.160 e. The summed E-state index contributed by atoms with van der Waals surface area (Å²) in [6, 6.07) is 89.9. The van der Waals surface area contributed by atoms with Crippen molar-refractivity contribution < 1.29 is 0 Å². The van der Waals surface area contributed by atoms with Gasteiger partial charge in [-0.05, 0) is 83.2 Å². The topological polar surface area (TPSA) is 40.6 Å². The highest BCUT2D eigenvalue weighted by Gasteiger charge is 2.21. The van der Waals surface area contributed by atoms with Crippen LogP contribution in [0.25, 0.3) is 138 Å². The van der Waals surface area contributed by atoms with Gasteiger partial charge in [-0.15, -0.1) is 0 Å². The first kappa shape index (κ1) is 39.4. The van der Waals surface area contributed by atoms with E-state index in [1.807, 2.05) is 0 Å². The first-order valence-corrected chi connectivity index (χ1v) is 24.2. The Balaban J connectivity index is 0.977. The lowest BCUT2D eigenvalue weighted by atomic mass is 9.99. The van der Waals surface area contributed by atoms with Crippen LogP contribution >= 0.6 is 0 Å². The van der Waals surface area contributed by atoms with E-state index >= 15 is 0 Å². The minimum Gasteiger partial charge on any atom is -0.309 e. The summed E-state index contributed by atoms with van der Waals surface area (Å²) in [5.74, 6) is 0.676. The maximum atomic E-state index is 5.48. The minimum atomic E-state index is 0.676. The molecule has 0 aliphatic heterocycles. The van der Waals surface area contributed by atoms with Gasteiger partial charge in [0, 0.05) is 71.3 Å². The number of fused-ring (bicyclic) bond motifs is 12. The summed E-state index contributed by atoms with van der Waals surface area (Å²) in [6.45, 7) is 0. The van der Waals surface area contributed by atoms with Crippen LogP contribution in [0, 0.1) is 0 Å². The summed E-state index contributed by atoms with van der Waals surface area (Å²) in [4.78, 5) is 10.9. The molecule has 0 aliphatic carbocycles. The Labute approximate surface area is 408 Å². The average molecular weight is 904 g/mol. The fraction of sp³-hybridized carbons (Fsp3) is 0. The Hall–Kier alpha value is -9.58. The summed E-state index contributed by atoms with van der Waals surface area (Å²) >= 11 is 0. The molecule has 5 heteroatoms. The number of aromatic nitrogens is 5. The number of para-hydroxylation sites is 4. The van der Waals surface area contributed by atoms with Crippen molar-refractivity contribution in [3.05, 3.63) is 249 Å². The molecule has 4 aromatic heterocycles. The van der Waals surface area contributed by atoms with E-state index in [0.717, 1.165) is 66.6 Å². The van der Waals surface area contributed by atoms with Gasteiger partial charge in [-0.1, -0.05) is 182 Å². The van der Waals surface area contributed by atoms with E-state index in [2.05, 4.69) is 262 Å². The normalized spacial score (nSPS) is 11.9. The number of rotatable bonds is 6. The van der Waals surface area contributed by atoms with E-state index in [-0.39, 0.29) is 0 Å². The van der Waals surface area contributed by atoms with Crippen LogP contribution in [0.5, 0.6) is 0 Å². The van der Waals surface area contributed by atoms with Gasteiger partial charge in [-0.2, -0.15) is 0 Å². The summed E-state index contributed by atoms with van der Waals surface area (Å²) in [6.07, 6.45) is 0. The SMILES string of the molecule is c1ccc(-c2ccc(-c3nc(-c4cccc(-n5c6cc(-n7c8ccccc8c8ccccc87)ccc6c6ccc(-n7c8ccccc8c8ccccc87)cc65)c4)nc4c3ccc3ccccc34)cc2)cc1. The van der Waals surface area contributed by atoms with E-state index in [1.165, 1.54) is 65.5 Å². The highest BCUT2D eigenvalue weighted by atomic mass is 15.0.